The molecule has 0 aromatic heterocycles. The summed E-state index contributed by atoms with van der Waals surface area (Å²) in [7, 11) is 0. The van der Waals surface area contributed by atoms with Crippen LogP contribution in [0.4, 0.5) is 4.79 Å². The maximum Gasteiger partial charge on any atom is 0.410 e. The number of carbonyl (C=O) groups is 1. The number of nitrogens with zero attached hydrogens (tertiary/aromatic N) is 1. The molecule has 0 bridgehead atoms. The minimum atomic E-state index is -0.574. The number of benzene rings is 1. The van der Waals surface area contributed by atoms with Crippen LogP contribution >= 0.6 is 0 Å². The predicted octanol–water partition coefficient (Wildman–Crippen LogP) is 2.56. The molecule has 1 fully saturated rings. The minimum absolute atomic E-state index is 0.0655. The molecular formula is C15H21NO3. The van der Waals surface area contributed by atoms with Gasteiger partial charge in [0.05, 0.1) is 12.1 Å². The van der Waals surface area contributed by atoms with E-state index >= 15 is 0 Å². The zero-order chi connectivity index (χ0) is 13.9. The van der Waals surface area contributed by atoms with Gasteiger partial charge in [-0.15, -0.1) is 0 Å². The number of rotatable bonds is 5. The van der Waals surface area contributed by atoms with E-state index in [0.717, 1.165) is 18.4 Å². The quantitative estimate of drug-likeness (QED) is 0.888. The number of aliphatic hydroxyl groups is 1. The first kappa shape index (κ1) is 13.9. The number of ether oxygens (including phenoxy) is 1. The molecule has 0 atom stereocenters. The second kappa shape index (κ2) is 5.61. The highest BCUT2D eigenvalue weighted by Crippen LogP contribution is 2.33. The van der Waals surface area contributed by atoms with E-state index in [9.17, 15) is 9.90 Å². The van der Waals surface area contributed by atoms with E-state index < -0.39 is 5.54 Å². The Bertz CT molecular complexity index is 426. The average molecular weight is 263 g/mol. The maximum absolute atomic E-state index is 12.2. The summed E-state index contributed by atoms with van der Waals surface area (Å²) in [6, 6.07) is 9.82. The van der Waals surface area contributed by atoms with Gasteiger partial charge in [-0.2, -0.15) is 0 Å². The van der Waals surface area contributed by atoms with Crippen molar-refractivity contribution in [3.05, 3.63) is 35.9 Å². The Balaban J connectivity index is 1.97. The van der Waals surface area contributed by atoms with Crippen LogP contribution in [0.15, 0.2) is 30.3 Å². The van der Waals surface area contributed by atoms with Gasteiger partial charge in [-0.05, 0) is 32.3 Å². The van der Waals surface area contributed by atoms with E-state index in [4.69, 9.17) is 4.74 Å². The van der Waals surface area contributed by atoms with Crippen LogP contribution in [0.5, 0.6) is 0 Å². The van der Waals surface area contributed by atoms with Crippen molar-refractivity contribution >= 4 is 6.09 Å². The Kier molecular flexibility index (Phi) is 4.10. The van der Waals surface area contributed by atoms with Crippen molar-refractivity contribution in [3.8, 4) is 0 Å². The zero-order valence-corrected chi connectivity index (χ0v) is 11.5. The predicted molar refractivity (Wildman–Crippen MR) is 72.7 cm³/mol. The average Bonchev–Trinajstić information content (AvgIpc) is 3.22. The Morgan fingerprint density at radius 2 is 2.00 bits per heavy atom. The first-order chi connectivity index (χ1) is 9.04. The Hall–Kier alpha value is -1.55. The highest BCUT2D eigenvalue weighted by atomic mass is 16.6. The largest absolute Gasteiger partial charge is 0.445 e. The minimum Gasteiger partial charge on any atom is -0.445 e. The fraction of sp³-hybridized carbons (Fsp3) is 0.533. The van der Waals surface area contributed by atoms with Crippen LogP contribution in [0.25, 0.3) is 0 Å². The Labute approximate surface area is 114 Å². The van der Waals surface area contributed by atoms with Gasteiger partial charge in [0.2, 0.25) is 0 Å². The smallest absolute Gasteiger partial charge is 0.410 e. The van der Waals surface area contributed by atoms with Gasteiger partial charge in [0.25, 0.3) is 0 Å². The van der Waals surface area contributed by atoms with E-state index in [-0.39, 0.29) is 25.3 Å². The molecule has 4 nitrogen and oxygen atoms in total. The van der Waals surface area contributed by atoms with Crippen LogP contribution in [0.1, 0.15) is 32.3 Å². The van der Waals surface area contributed by atoms with Gasteiger partial charge in [-0.1, -0.05) is 30.3 Å². The van der Waals surface area contributed by atoms with Gasteiger partial charge in [0.1, 0.15) is 6.61 Å². The monoisotopic (exact) mass is 263 g/mol. The normalized spacial score (nSPS) is 15.1. The molecule has 0 radical (unpaired) electrons. The van der Waals surface area contributed by atoms with E-state index in [2.05, 4.69) is 0 Å². The van der Waals surface area contributed by atoms with Crippen molar-refractivity contribution in [1.82, 2.24) is 4.90 Å². The van der Waals surface area contributed by atoms with Crippen LogP contribution in [0, 0.1) is 0 Å². The molecule has 0 saturated heterocycles. The number of amides is 1. The van der Waals surface area contributed by atoms with Gasteiger partial charge in [-0.3, -0.25) is 4.90 Å². The molecule has 0 spiro atoms. The summed E-state index contributed by atoms with van der Waals surface area (Å²) in [5.74, 6) is 0. The molecule has 0 unspecified atom stereocenters. The molecule has 1 N–H and O–H groups in total. The van der Waals surface area contributed by atoms with E-state index in [1.807, 2.05) is 44.2 Å². The fourth-order valence-corrected chi connectivity index (χ4v) is 2.09. The van der Waals surface area contributed by atoms with Crippen LogP contribution in [-0.2, 0) is 11.3 Å². The third-order valence-electron chi connectivity index (χ3n) is 3.35. The number of hydrogen-bond donors (Lipinski definition) is 1. The summed E-state index contributed by atoms with van der Waals surface area (Å²) in [4.78, 5) is 13.9. The highest BCUT2D eigenvalue weighted by molar-refractivity contribution is 5.69. The lowest BCUT2D eigenvalue weighted by Gasteiger charge is -2.36. The van der Waals surface area contributed by atoms with Crippen LogP contribution < -0.4 is 0 Å². The molecule has 4 heteroatoms. The zero-order valence-electron chi connectivity index (χ0n) is 11.5. The summed E-state index contributed by atoms with van der Waals surface area (Å²) < 4.78 is 5.36. The molecule has 1 aliphatic rings. The third-order valence-corrected chi connectivity index (χ3v) is 3.35. The molecular weight excluding hydrogens is 242 g/mol. The molecule has 2 rings (SSSR count). The van der Waals surface area contributed by atoms with Crippen molar-refractivity contribution in [2.24, 2.45) is 0 Å². The van der Waals surface area contributed by atoms with Crippen molar-refractivity contribution < 1.29 is 14.6 Å². The maximum atomic E-state index is 12.2. The molecule has 1 saturated carbocycles. The summed E-state index contributed by atoms with van der Waals surface area (Å²) in [5, 5.41) is 9.43. The summed E-state index contributed by atoms with van der Waals surface area (Å²) in [6.07, 6.45) is 1.64. The van der Waals surface area contributed by atoms with E-state index in [0.29, 0.717) is 0 Å². The molecule has 1 aromatic carbocycles. The van der Waals surface area contributed by atoms with E-state index in [1.54, 1.807) is 4.90 Å². The van der Waals surface area contributed by atoms with Gasteiger partial charge in [0, 0.05) is 6.04 Å². The SMILES string of the molecule is CC(C)(CO)N(C(=O)OCc1ccccc1)C1CC1. The fourth-order valence-electron chi connectivity index (χ4n) is 2.09. The summed E-state index contributed by atoms with van der Waals surface area (Å²) in [6.45, 7) is 3.92. The molecule has 0 heterocycles. The molecule has 0 aliphatic heterocycles. The lowest BCUT2D eigenvalue weighted by molar-refractivity contribution is 0.0272. The van der Waals surface area contributed by atoms with Gasteiger partial charge >= 0.3 is 6.09 Å². The first-order valence-electron chi connectivity index (χ1n) is 6.65. The standard InChI is InChI=1S/C15H21NO3/c1-15(2,11-17)16(13-8-9-13)14(18)19-10-12-6-4-3-5-7-12/h3-7,13,17H,8-11H2,1-2H3. The van der Waals surface area contributed by atoms with Crippen molar-refractivity contribution in [2.75, 3.05) is 6.61 Å². The highest BCUT2D eigenvalue weighted by Gasteiger charge is 2.42. The summed E-state index contributed by atoms with van der Waals surface area (Å²) in [5.41, 5.74) is 0.392. The molecule has 1 aromatic rings. The molecule has 1 aliphatic carbocycles. The Morgan fingerprint density at radius 3 is 2.53 bits per heavy atom. The number of hydrogen-bond acceptors (Lipinski definition) is 3. The van der Waals surface area contributed by atoms with Gasteiger partial charge < -0.3 is 9.84 Å². The lowest BCUT2D eigenvalue weighted by atomic mass is 10.0. The van der Waals surface area contributed by atoms with Gasteiger partial charge in [-0.25, -0.2) is 4.79 Å². The van der Waals surface area contributed by atoms with E-state index in [1.165, 1.54) is 0 Å². The lowest BCUT2D eigenvalue weighted by Crippen LogP contribution is -2.51. The van der Waals surface area contributed by atoms with Crippen LogP contribution in [0.2, 0.25) is 0 Å². The topological polar surface area (TPSA) is 49.8 Å². The van der Waals surface area contributed by atoms with Crippen LogP contribution in [-0.4, -0.2) is 34.3 Å². The third kappa shape index (κ3) is 3.47. The first-order valence-corrected chi connectivity index (χ1v) is 6.65. The molecule has 104 valence electrons. The molecule has 19 heavy (non-hydrogen) atoms. The van der Waals surface area contributed by atoms with Crippen LogP contribution in [0.3, 0.4) is 0 Å². The second-order valence-corrected chi connectivity index (χ2v) is 5.61. The number of aliphatic hydroxyl groups excluding tert-OH is 1. The number of carbonyl (C=O) groups excluding carboxylic acids is 1. The van der Waals surface area contributed by atoms with Crippen molar-refractivity contribution in [1.29, 1.82) is 0 Å². The van der Waals surface area contributed by atoms with Crippen molar-refractivity contribution in [3.63, 3.8) is 0 Å². The Morgan fingerprint density at radius 1 is 1.37 bits per heavy atom. The molecule has 1 amide bonds. The van der Waals surface area contributed by atoms with Crippen molar-refractivity contribution in [2.45, 2.75) is 44.9 Å². The second-order valence-electron chi connectivity index (χ2n) is 5.61. The van der Waals surface area contributed by atoms with Gasteiger partial charge in [0.15, 0.2) is 0 Å². The summed E-state index contributed by atoms with van der Waals surface area (Å²) >= 11 is 0.